The Labute approximate surface area is 170 Å². The van der Waals surface area contributed by atoms with Crippen molar-refractivity contribution in [1.82, 2.24) is 0 Å². The van der Waals surface area contributed by atoms with Crippen molar-refractivity contribution in [3.05, 3.63) is 90.4 Å². The zero-order valence-electron chi connectivity index (χ0n) is 14.9. The minimum atomic E-state index is -4.34. The molecule has 150 valence electrons. The number of primary sulfonamides is 1. The summed E-state index contributed by atoms with van der Waals surface area (Å²) in [5, 5.41) is 5.10. The summed E-state index contributed by atoms with van der Waals surface area (Å²) in [6.45, 7) is 0. The van der Waals surface area contributed by atoms with Gasteiger partial charge in [-0.05, 0) is 41.0 Å². The molecule has 0 heterocycles. The fourth-order valence-electron chi connectivity index (χ4n) is 2.68. The summed E-state index contributed by atoms with van der Waals surface area (Å²) in [7, 11) is -4.34. The summed E-state index contributed by atoms with van der Waals surface area (Å²) in [6, 6.07) is 19.7. The van der Waals surface area contributed by atoms with Crippen LogP contribution >= 0.6 is 0 Å². The Bertz CT molecular complexity index is 1160. The Morgan fingerprint density at radius 2 is 1.59 bits per heavy atom. The van der Waals surface area contributed by atoms with Crippen LogP contribution in [0.2, 0.25) is 0 Å². The third-order valence-electron chi connectivity index (χ3n) is 4.05. The number of hydrogen-bond acceptors (Lipinski definition) is 4. The largest absolute Gasteiger partial charge is 0.755 e. The van der Waals surface area contributed by atoms with Crippen molar-refractivity contribution >= 4 is 33.1 Å². The highest BCUT2D eigenvalue weighted by Gasteiger charge is 2.19. The molecular formula is C20H16FN2O4S2-. The normalized spacial score (nSPS) is 12.8. The van der Waals surface area contributed by atoms with Crippen molar-refractivity contribution in [3.63, 3.8) is 0 Å². The molecule has 1 atom stereocenters. The smallest absolute Gasteiger partial charge is 0.240 e. The van der Waals surface area contributed by atoms with Crippen LogP contribution in [-0.2, 0) is 21.3 Å². The van der Waals surface area contributed by atoms with Crippen LogP contribution in [0.3, 0.4) is 0 Å². The van der Waals surface area contributed by atoms with E-state index in [2.05, 4.69) is 0 Å². The number of nitrogens with two attached hydrogens (primary N) is 1. The molecule has 0 spiro atoms. The Morgan fingerprint density at radius 3 is 2.17 bits per heavy atom. The molecule has 0 amide bonds. The molecule has 1 unspecified atom stereocenters. The van der Waals surface area contributed by atoms with Crippen LogP contribution in [0.15, 0.2) is 83.9 Å². The summed E-state index contributed by atoms with van der Waals surface area (Å²) < 4.78 is 60.9. The van der Waals surface area contributed by atoms with Gasteiger partial charge in [0, 0.05) is 6.20 Å². The maximum atomic E-state index is 13.5. The summed E-state index contributed by atoms with van der Waals surface area (Å²) in [6.07, 6.45) is 2.66. The number of sulfonamides is 1. The van der Waals surface area contributed by atoms with Gasteiger partial charge in [0.25, 0.3) is 0 Å². The predicted molar refractivity (Wildman–Crippen MR) is 110 cm³/mol. The van der Waals surface area contributed by atoms with Gasteiger partial charge >= 0.3 is 0 Å². The number of hydrogen-bond donors (Lipinski definition) is 1. The van der Waals surface area contributed by atoms with E-state index in [1.165, 1.54) is 12.3 Å². The molecule has 0 bridgehead atoms. The van der Waals surface area contributed by atoms with E-state index in [0.29, 0.717) is 15.9 Å². The first-order chi connectivity index (χ1) is 13.8. The number of anilines is 1. The molecule has 0 saturated heterocycles. The summed E-state index contributed by atoms with van der Waals surface area (Å²) >= 11 is -2.86. The monoisotopic (exact) mass is 431 g/mol. The lowest BCUT2D eigenvalue weighted by molar-refractivity contribution is 0.536. The minimum Gasteiger partial charge on any atom is -0.755 e. The predicted octanol–water partition coefficient (Wildman–Crippen LogP) is 3.41. The van der Waals surface area contributed by atoms with Crippen molar-refractivity contribution in [1.29, 1.82) is 0 Å². The number of halogens is 1. The second kappa shape index (κ2) is 8.66. The average molecular weight is 431 g/mol. The molecule has 29 heavy (non-hydrogen) atoms. The van der Waals surface area contributed by atoms with Gasteiger partial charge in [-0.2, -0.15) is 0 Å². The van der Waals surface area contributed by atoms with Crippen LogP contribution in [0.25, 0.3) is 17.2 Å². The Balaban J connectivity index is 1.93. The maximum absolute atomic E-state index is 13.5. The zero-order chi connectivity index (χ0) is 21.0. The highest BCUT2D eigenvalue weighted by Crippen LogP contribution is 2.27. The zero-order valence-corrected chi connectivity index (χ0v) is 16.6. The third kappa shape index (κ3) is 5.15. The molecular weight excluding hydrogens is 415 g/mol. The molecule has 0 radical (unpaired) electrons. The highest BCUT2D eigenvalue weighted by atomic mass is 32.2. The molecule has 9 heteroatoms. The topological polar surface area (TPSA) is 104 Å². The lowest BCUT2D eigenvalue weighted by atomic mass is 10.0. The van der Waals surface area contributed by atoms with Gasteiger partial charge in [0.2, 0.25) is 10.0 Å². The second-order valence-corrected chi connectivity index (χ2v) is 8.36. The number of benzene rings is 3. The van der Waals surface area contributed by atoms with Crippen molar-refractivity contribution in [3.8, 4) is 11.1 Å². The standard InChI is InChI=1S/C20H17FN2O4S2/c21-18-10-11-19(20(14-18)29(22,26)27)23(28(24)25)13-12-15-6-8-17(9-7-15)16-4-2-1-3-5-16/h1-14H,(H,24,25)(H2,22,26,27)/p-1. The van der Waals surface area contributed by atoms with Crippen molar-refractivity contribution in [2.45, 2.75) is 4.90 Å². The number of rotatable bonds is 6. The molecule has 3 rings (SSSR count). The van der Waals surface area contributed by atoms with Crippen molar-refractivity contribution in [2.75, 3.05) is 4.31 Å². The Morgan fingerprint density at radius 1 is 0.966 bits per heavy atom. The fourth-order valence-corrected chi connectivity index (χ4v) is 3.95. The highest BCUT2D eigenvalue weighted by molar-refractivity contribution is 7.89. The second-order valence-electron chi connectivity index (χ2n) is 6.00. The van der Waals surface area contributed by atoms with E-state index in [0.717, 1.165) is 23.3 Å². The first-order valence-electron chi connectivity index (χ1n) is 8.30. The van der Waals surface area contributed by atoms with Gasteiger partial charge in [-0.25, -0.2) is 17.9 Å². The van der Waals surface area contributed by atoms with Crippen LogP contribution in [0.5, 0.6) is 0 Å². The van der Waals surface area contributed by atoms with Crippen LogP contribution in [0, 0.1) is 5.82 Å². The summed E-state index contributed by atoms with van der Waals surface area (Å²) in [5.41, 5.74) is 2.43. The van der Waals surface area contributed by atoms with Gasteiger partial charge in [0.1, 0.15) is 10.7 Å². The first-order valence-corrected chi connectivity index (χ1v) is 10.9. The summed E-state index contributed by atoms with van der Waals surface area (Å²) in [5.74, 6) is -0.852. The molecule has 2 N–H and O–H groups in total. The maximum Gasteiger partial charge on any atom is 0.240 e. The van der Waals surface area contributed by atoms with Crippen molar-refractivity contribution < 1.29 is 21.6 Å². The van der Waals surface area contributed by atoms with Crippen LogP contribution in [0.1, 0.15) is 5.56 Å². The third-order valence-corrected chi connectivity index (χ3v) is 5.63. The van der Waals surface area contributed by atoms with Gasteiger partial charge < -0.3 is 4.55 Å². The van der Waals surface area contributed by atoms with Gasteiger partial charge in [-0.1, -0.05) is 54.6 Å². The van der Waals surface area contributed by atoms with E-state index in [-0.39, 0.29) is 5.69 Å². The first kappa shape index (κ1) is 20.9. The molecule has 0 aliphatic heterocycles. The molecule has 6 nitrogen and oxygen atoms in total. The van der Waals surface area contributed by atoms with Gasteiger partial charge in [-0.3, -0.25) is 8.51 Å². The summed E-state index contributed by atoms with van der Waals surface area (Å²) in [4.78, 5) is -0.634. The van der Waals surface area contributed by atoms with Crippen LogP contribution in [-0.4, -0.2) is 17.2 Å². The molecule has 0 aliphatic rings. The Hall–Kier alpha value is -2.85. The molecule has 0 fully saturated rings. The van der Waals surface area contributed by atoms with E-state index in [1.807, 2.05) is 42.5 Å². The molecule has 3 aromatic carbocycles. The molecule has 3 aromatic rings. The number of nitrogens with zero attached hydrogens (tertiary/aromatic N) is 1. The average Bonchev–Trinajstić information content (AvgIpc) is 2.69. The molecule has 0 aromatic heterocycles. The minimum absolute atomic E-state index is 0.278. The van der Waals surface area contributed by atoms with Crippen molar-refractivity contribution in [2.24, 2.45) is 5.14 Å². The lowest BCUT2D eigenvalue weighted by Gasteiger charge is -2.24. The van der Waals surface area contributed by atoms with Gasteiger partial charge in [0.05, 0.1) is 17.0 Å². The lowest BCUT2D eigenvalue weighted by Crippen LogP contribution is -2.23. The fraction of sp³-hybridized carbons (Fsp3) is 0. The van der Waals surface area contributed by atoms with Gasteiger partial charge in [0.15, 0.2) is 0 Å². The van der Waals surface area contributed by atoms with Crippen LogP contribution in [0.4, 0.5) is 10.1 Å². The van der Waals surface area contributed by atoms with E-state index >= 15 is 0 Å². The van der Waals surface area contributed by atoms with E-state index in [9.17, 15) is 21.6 Å². The molecule has 0 aliphatic carbocycles. The van der Waals surface area contributed by atoms with E-state index in [1.54, 1.807) is 12.1 Å². The molecule has 0 saturated carbocycles. The van der Waals surface area contributed by atoms with E-state index < -0.39 is 32.0 Å². The van der Waals surface area contributed by atoms with Crippen LogP contribution < -0.4 is 9.44 Å². The quantitative estimate of drug-likeness (QED) is 0.604. The van der Waals surface area contributed by atoms with E-state index in [4.69, 9.17) is 5.14 Å². The Kier molecular flexibility index (Phi) is 6.23. The van der Waals surface area contributed by atoms with Gasteiger partial charge in [-0.15, -0.1) is 0 Å². The SMILES string of the molecule is NS(=O)(=O)c1cc(F)ccc1N(C=Cc1ccc(-c2ccccc2)cc1)S(=O)[O-].